The normalized spacial score (nSPS) is 21.6. The van der Waals surface area contributed by atoms with Crippen LogP contribution in [0.2, 0.25) is 0 Å². The Morgan fingerprint density at radius 2 is 1.62 bits per heavy atom. The van der Waals surface area contributed by atoms with Crippen LogP contribution in [0.4, 0.5) is 9.59 Å². The molecule has 0 bridgehead atoms. The van der Waals surface area contributed by atoms with Gasteiger partial charge in [-0.2, -0.15) is 0 Å². The van der Waals surface area contributed by atoms with Gasteiger partial charge in [-0.1, -0.05) is 72.8 Å². The highest BCUT2D eigenvalue weighted by Gasteiger charge is 2.58. The third-order valence-electron chi connectivity index (χ3n) is 6.78. The largest absolute Gasteiger partial charge is 0.431 e. The van der Waals surface area contributed by atoms with Crippen molar-refractivity contribution < 1.29 is 19.1 Å². The standard InChI is InChI=1S/C26H28N4O4/c31-23(19-28-14-8-3-9-15-28)27-24(32)29-16-17-30-22(18-29)26(34-25(30)33,20-10-4-1-5-11-20)21-12-6-2-7-13-21/h1-8,10-13,22H,9,14-19H2,(H,27,31,32). The lowest BCUT2D eigenvalue weighted by molar-refractivity contribution is -0.121. The van der Waals surface area contributed by atoms with Gasteiger partial charge in [0.15, 0.2) is 5.60 Å². The second-order valence-electron chi connectivity index (χ2n) is 8.84. The molecule has 2 aromatic carbocycles. The van der Waals surface area contributed by atoms with Crippen LogP contribution in [0.15, 0.2) is 72.8 Å². The highest BCUT2D eigenvalue weighted by atomic mass is 16.6. The van der Waals surface area contributed by atoms with Gasteiger partial charge in [0.2, 0.25) is 5.91 Å². The van der Waals surface area contributed by atoms with Crippen molar-refractivity contribution in [3.05, 3.63) is 83.9 Å². The lowest BCUT2D eigenvalue weighted by Crippen LogP contribution is -2.60. The van der Waals surface area contributed by atoms with E-state index in [1.807, 2.05) is 71.6 Å². The average Bonchev–Trinajstić information content (AvgIpc) is 3.18. The molecule has 0 saturated carbocycles. The molecule has 1 atom stereocenters. The lowest BCUT2D eigenvalue weighted by atomic mass is 9.79. The third-order valence-corrected chi connectivity index (χ3v) is 6.78. The minimum Gasteiger partial charge on any atom is -0.431 e. The van der Waals surface area contributed by atoms with E-state index in [2.05, 4.69) is 11.4 Å². The molecule has 3 heterocycles. The maximum atomic E-state index is 13.0. The molecule has 0 radical (unpaired) electrons. The van der Waals surface area contributed by atoms with Gasteiger partial charge in [0.1, 0.15) is 6.04 Å². The van der Waals surface area contributed by atoms with E-state index in [0.717, 1.165) is 24.1 Å². The van der Waals surface area contributed by atoms with Crippen molar-refractivity contribution in [1.82, 2.24) is 20.0 Å². The number of rotatable bonds is 4. The van der Waals surface area contributed by atoms with E-state index in [4.69, 9.17) is 4.74 Å². The Balaban J connectivity index is 1.38. The van der Waals surface area contributed by atoms with Crippen molar-refractivity contribution in [2.45, 2.75) is 18.1 Å². The lowest BCUT2D eigenvalue weighted by Gasteiger charge is -2.42. The Labute approximate surface area is 198 Å². The average molecular weight is 461 g/mol. The van der Waals surface area contributed by atoms with E-state index >= 15 is 0 Å². The van der Waals surface area contributed by atoms with Crippen LogP contribution >= 0.6 is 0 Å². The van der Waals surface area contributed by atoms with Crippen LogP contribution in [0, 0.1) is 0 Å². The first kappa shape index (κ1) is 22.2. The molecule has 34 heavy (non-hydrogen) atoms. The second kappa shape index (κ2) is 9.30. The van der Waals surface area contributed by atoms with E-state index in [1.54, 1.807) is 9.80 Å². The number of carbonyl (C=O) groups excluding carboxylic acids is 3. The highest BCUT2D eigenvalue weighted by Crippen LogP contribution is 2.45. The van der Waals surface area contributed by atoms with Gasteiger partial charge in [0.25, 0.3) is 0 Å². The van der Waals surface area contributed by atoms with E-state index in [9.17, 15) is 14.4 Å². The zero-order valence-electron chi connectivity index (χ0n) is 18.9. The monoisotopic (exact) mass is 460 g/mol. The van der Waals surface area contributed by atoms with E-state index in [-0.39, 0.29) is 19.0 Å². The number of benzene rings is 2. The number of carbonyl (C=O) groups is 3. The Morgan fingerprint density at radius 1 is 0.941 bits per heavy atom. The van der Waals surface area contributed by atoms with Crippen LogP contribution in [0.5, 0.6) is 0 Å². The molecule has 2 saturated heterocycles. The first-order chi connectivity index (χ1) is 16.6. The molecule has 8 nitrogen and oxygen atoms in total. The Morgan fingerprint density at radius 3 is 2.24 bits per heavy atom. The molecule has 2 aromatic rings. The van der Waals surface area contributed by atoms with Gasteiger partial charge in [0, 0.05) is 43.9 Å². The number of amides is 4. The summed E-state index contributed by atoms with van der Waals surface area (Å²) in [5.41, 5.74) is 0.639. The maximum Gasteiger partial charge on any atom is 0.411 e. The number of nitrogens with one attached hydrogen (secondary N) is 1. The molecule has 176 valence electrons. The fraction of sp³-hybridized carbons (Fsp3) is 0.346. The van der Waals surface area contributed by atoms with Crippen molar-refractivity contribution in [3.63, 3.8) is 0 Å². The van der Waals surface area contributed by atoms with E-state index < -0.39 is 23.8 Å². The number of fused-ring (bicyclic) bond motifs is 1. The molecule has 3 aliphatic rings. The molecule has 1 unspecified atom stereocenters. The Kier molecular flexibility index (Phi) is 6.06. The Bertz CT molecular complexity index is 1050. The summed E-state index contributed by atoms with van der Waals surface area (Å²) < 4.78 is 6.13. The summed E-state index contributed by atoms with van der Waals surface area (Å²) in [6, 6.07) is 18.4. The van der Waals surface area contributed by atoms with Crippen LogP contribution in [-0.2, 0) is 15.1 Å². The molecule has 5 rings (SSSR count). The number of imide groups is 1. The number of ether oxygens (including phenoxy) is 1. The summed E-state index contributed by atoms with van der Waals surface area (Å²) in [6.07, 6.45) is 4.63. The van der Waals surface area contributed by atoms with Gasteiger partial charge < -0.3 is 9.64 Å². The number of hydrogen-bond donors (Lipinski definition) is 1. The maximum absolute atomic E-state index is 13.0. The van der Waals surface area contributed by atoms with Gasteiger partial charge in [-0.05, 0) is 6.42 Å². The predicted octanol–water partition coefficient (Wildman–Crippen LogP) is 2.56. The smallest absolute Gasteiger partial charge is 0.411 e. The van der Waals surface area contributed by atoms with Gasteiger partial charge in [-0.25, -0.2) is 9.59 Å². The summed E-state index contributed by atoms with van der Waals surface area (Å²) in [6.45, 7) is 2.61. The molecule has 2 fully saturated rings. The third kappa shape index (κ3) is 4.05. The van der Waals surface area contributed by atoms with Crippen LogP contribution in [-0.4, -0.2) is 78.0 Å². The molecule has 8 heteroatoms. The molecular weight excluding hydrogens is 432 g/mol. The topological polar surface area (TPSA) is 82.2 Å². The molecule has 0 spiro atoms. The quantitative estimate of drug-likeness (QED) is 0.710. The van der Waals surface area contributed by atoms with Crippen molar-refractivity contribution in [2.75, 3.05) is 39.3 Å². The molecule has 1 N–H and O–H groups in total. The highest BCUT2D eigenvalue weighted by molar-refractivity contribution is 5.95. The number of nitrogens with zero attached hydrogens (tertiary/aromatic N) is 3. The van der Waals surface area contributed by atoms with Gasteiger partial charge in [0.05, 0.1) is 6.54 Å². The number of piperazine rings is 1. The fourth-order valence-electron chi connectivity index (χ4n) is 5.11. The number of hydrogen-bond acceptors (Lipinski definition) is 5. The van der Waals surface area contributed by atoms with Crippen LogP contribution < -0.4 is 5.32 Å². The zero-order chi connectivity index (χ0) is 23.5. The molecule has 0 aromatic heterocycles. The Hall–Kier alpha value is -3.65. The van der Waals surface area contributed by atoms with E-state index in [0.29, 0.717) is 19.6 Å². The van der Waals surface area contributed by atoms with Gasteiger partial charge in [-0.3, -0.25) is 19.9 Å². The summed E-state index contributed by atoms with van der Waals surface area (Å²) in [7, 11) is 0. The predicted molar refractivity (Wildman–Crippen MR) is 126 cm³/mol. The first-order valence-electron chi connectivity index (χ1n) is 11.6. The summed E-state index contributed by atoms with van der Waals surface area (Å²) >= 11 is 0. The minimum atomic E-state index is -1.05. The van der Waals surface area contributed by atoms with Gasteiger partial charge >= 0.3 is 12.1 Å². The van der Waals surface area contributed by atoms with Crippen LogP contribution in [0.1, 0.15) is 17.5 Å². The first-order valence-corrected chi connectivity index (χ1v) is 11.6. The van der Waals surface area contributed by atoms with Crippen LogP contribution in [0.3, 0.4) is 0 Å². The van der Waals surface area contributed by atoms with E-state index in [1.165, 1.54) is 0 Å². The van der Waals surface area contributed by atoms with Crippen LogP contribution in [0.25, 0.3) is 0 Å². The summed E-state index contributed by atoms with van der Waals surface area (Å²) in [4.78, 5) is 43.8. The molecule has 0 aliphatic carbocycles. The zero-order valence-corrected chi connectivity index (χ0v) is 18.9. The SMILES string of the molecule is O=C(CN1CC=CCC1)NC(=O)N1CCN2C(=O)OC(c3ccccc3)(c3ccccc3)C2C1. The molecule has 3 aliphatic heterocycles. The number of cyclic esters (lactones) is 1. The van der Waals surface area contributed by atoms with Crippen molar-refractivity contribution in [3.8, 4) is 0 Å². The van der Waals surface area contributed by atoms with Crippen molar-refractivity contribution >= 4 is 18.0 Å². The summed E-state index contributed by atoms with van der Waals surface area (Å²) in [5, 5.41) is 2.53. The second-order valence-corrected chi connectivity index (χ2v) is 8.84. The molecule has 4 amide bonds. The minimum absolute atomic E-state index is 0.180. The number of urea groups is 1. The molecular formula is C26H28N4O4. The fourth-order valence-corrected chi connectivity index (χ4v) is 5.11. The van der Waals surface area contributed by atoms with Crippen molar-refractivity contribution in [1.29, 1.82) is 0 Å². The summed E-state index contributed by atoms with van der Waals surface area (Å²) in [5.74, 6) is -0.321. The van der Waals surface area contributed by atoms with Gasteiger partial charge in [-0.15, -0.1) is 0 Å². The van der Waals surface area contributed by atoms with Crippen molar-refractivity contribution in [2.24, 2.45) is 0 Å².